The predicted molar refractivity (Wildman–Crippen MR) is 64.3 cm³/mol. The molecule has 4 heteroatoms. The van der Waals surface area contributed by atoms with E-state index >= 15 is 0 Å². The predicted octanol–water partition coefficient (Wildman–Crippen LogP) is 0.149. The molecule has 0 aromatic rings. The molecule has 2 heterocycles. The normalized spacial score (nSPS) is 28.1. The van der Waals surface area contributed by atoms with Crippen LogP contribution in [0.1, 0.15) is 20.3 Å². The highest BCUT2D eigenvalue weighted by molar-refractivity contribution is 5.78. The van der Waals surface area contributed by atoms with Crippen molar-refractivity contribution in [2.45, 2.75) is 26.3 Å². The van der Waals surface area contributed by atoms with Crippen LogP contribution >= 0.6 is 0 Å². The second-order valence-corrected chi connectivity index (χ2v) is 5.26. The number of nitrogens with zero attached hydrogens (tertiary/aromatic N) is 2. The maximum Gasteiger partial charge on any atom is 0.236 e. The van der Waals surface area contributed by atoms with Gasteiger partial charge in [0.25, 0.3) is 0 Å². The molecule has 0 aromatic carbocycles. The van der Waals surface area contributed by atoms with Crippen LogP contribution in [0.2, 0.25) is 0 Å². The Bertz CT molecular complexity index is 255. The summed E-state index contributed by atoms with van der Waals surface area (Å²) < 4.78 is 0. The van der Waals surface area contributed by atoms with Crippen LogP contribution in [0.5, 0.6) is 0 Å². The molecule has 2 rings (SSSR count). The summed E-state index contributed by atoms with van der Waals surface area (Å²) >= 11 is 0. The third-order valence-electron chi connectivity index (χ3n) is 3.71. The quantitative estimate of drug-likeness (QED) is 0.742. The first-order chi connectivity index (χ1) is 7.66. The Hall–Kier alpha value is -0.610. The number of amides is 1. The number of likely N-dealkylation sites (tertiary alicyclic amines) is 1. The van der Waals surface area contributed by atoms with Crippen molar-refractivity contribution < 1.29 is 4.79 Å². The van der Waals surface area contributed by atoms with Gasteiger partial charge in [0.2, 0.25) is 5.91 Å². The Labute approximate surface area is 98.0 Å². The molecule has 2 saturated heterocycles. The minimum absolute atomic E-state index is 0.272. The minimum atomic E-state index is 0.272. The van der Waals surface area contributed by atoms with Gasteiger partial charge in [0.15, 0.2) is 0 Å². The van der Waals surface area contributed by atoms with Crippen LogP contribution in [0.3, 0.4) is 0 Å². The molecule has 16 heavy (non-hydrogen) atoms. The van der Waals surface area contributed by atoms with E-state index < -0.39 is 0 Å². The van der Waals surface area contributed by atoms with Crippen molar-refractivity contribution >= 4 is 5.91 Å². The Morgan fingerprint density at radius 2 is 2.25 bits per heavy atom. The van der Waals surface area contributed by atoms with Crippen molar-refractivity contribution in [2.75, 3.05) is 39.3 Å². The summed E-state index contributed by atoms with van der Waals surface area (Å²) in [6.45, 7) is 10.2. The fraction of sp³-hybridized carbons (Fsp3) is 0.917. The number of rotatable bonds is 3. The van der Waals surface area contributed by atoms with Gasteiger partial charge >= 0.3 is 0 Å². The van der Waals surface area contributed by atoms with E-state index in [9.17, 15) is 4.79 Å². The fourth-order valence-electron chi connectivity index (χ4n) is 2.63. The average molecular weight is 225 g/mol. The molecular weight excluding hydrogens is 202 g/mol. The molecule has 2 aliphatic heterocycles. The van der Waals surface area contributed by atoms with Gasteiger partial charge < -0.3 is 15.1 Å². The van der Waals surface area contributed by atoms with Gasteiger partial charge in [-0.25, -0.2) is 0 Å². The zero-order valence-electron chi connectivity index (χ0n) is 10.4. The monoisotopic (exact) mass is 225 g/mol. The lowest BCUT2D eigenvalue weighted by Crippen LogP contribution is -2.49. The highest BCUT2D eigenvalue weighted by Gasteiger charge is 2.28. The molecule has 1 amide bonds. The lowest BCUT2D eigenvalue weighted by atomic mass is 10.1. The van der Waals surface area contributed by atoms with Crippen LogP contribution in [0.15, 0.2) is 0 Å². The standard InChI is InChI=1S/C12H23N3O/c1-10(2)14-5-3-11(8-14)9-15-6-4-13-7-12(15)16/h10-11,13H,3-9H2,1-2H3. The number of piperazine rings is 1. The Balaban J connectivity index is 1.80. The summed E-state index contributed by atoms with van der Waals surface area (Å²) in [6.07, 6.45) is 1.25. The van der Waals surface area contributed by atoms with Crippen molar-refractivity contribution in [1.82, 2.24) is 15.1 Å². The lowest BCUT2D eigenvalue weighted by Gasteiger charge is -2.30. The summed E-state index contributed by atoms with van der Waals surface area (Å²) in [5.74, 6) is 0.957. The Morgan fingerprint density at radius 3 is 2.88 bits per heavy atom. The summed E-state index contributed by atoms with van der Waals surface area (Å²) in [6, 6.07) is 0.642. The van der Waals surface area contributed by atoms with Gasteiger partial charge in [-0.1, -0.05) is 0 Å². The molecule has 1 N–H and O–H groups in total. The van der Waals surface area contributed by atoms with Crippen LogP contribution in [0, 0.1) is 5.92 Å². The molecule has 0 bridgehead atoms. The number of nitrogens with one attached hydrogen (secondary N) is 1. The van der Waals surface area contributed by atoms with Crippen molar-refractivity contribution in [1.29, 1.82) is 0 Å². The van der Waals surface area contributed by atoms with Crippen LogP contribution in [0.4, 0.5) is 0 Å². The summed E-state index contributed by atoms with van der Waals surface area (Å²) in [7, 11) is 0. The van der Waals surface area contributed by atoms with Gasteiger partial charge in [0.1, 0.15) is 0 Å². The smallest absolute Gasteiger partial charge is 0.236 e. The van der Waals surface area contributed by atoms with Gasteiger partial charge in [0.05, 0.1) is 6.54 Å². The SMILES string of the molecule is CC(C)N1CCC(CN2CCNCC2=O)C1. The summed E-state index contributed by atoms with van der Waals surface area (Å²) in [4.78, 5) is 16.2. The zero-order chi connectivity index (χ0) is 11.5. The van der Waals surface area contributed by atoms with E-state index in [1.807, 2.05) is 4.90 Å². The number of carbonyl (C=O) groups is 1. The fourth-order valence-corrected chi connectivity index (χ4v) is 2.63. The maximum absolute atomic E-state index is 11.6. The molecule has 0 aromatic heterocycles. The van der Waals surface area contributed by atoms with Crippen LogP contribution in [0.25, 0.3) is 0 Å². The van der Waals surface area contributed by atoms with Crippen molar-refractivity contribution in [3.63, 3.8) is 0 Å². The molecule has 4 nitrogen and oxygen atoms in total. The van der Waals surface area contributed by atoms with Gasteiger partial charge in [-0.15, -0.1) is 0 Å². The molecule has 1 unspecified atom stereocenters. The summed E-state index contributed by atoms with van der Waals surface area (Å²) in [5, 5.41) is 3.11. The van der Waals surface area contributed by atoms with Gasteiger partial charge in [-0.05, 0) is 32.7 Å². The topological polar surface area (TPSA) is 35.6 Å². The van der Waals surface area contributed by atoms with Crippen LogP contribution in [-0.4, -0.2) is 61.0 Å². The molecule has 2 aliphatic rings. The Morgan fingerprint density at radius 1 is 1.44 bits per heavy atom. The van der Waals surface area contributed by atoms with E-state index in [1.165, 1.54) is 13.0 Å². The lowest BCUT2D eigenvalue weighted by molar-refractivity contribution is -0.132. The van der Waals surface area contributed by atoms with Gasteiger partial charge in [-0.2, -0.15) is 0 Å². The average Bonchev–Trinajstić information content (AvgIpc) is 2.70. The van der Waals surface area contributed by atoms with Crippen molar-refractivity contribution in [2.24, 2.45) is 5.92 Å². The third kappa shape index (κ3) is 2.74. The van der Waals surface area contributed by atoms with Gasteiger partial charge in [-0.3, -0.25) is 4.79 Å². The first-order valence-corrected chi connectivity index (χ1v) is 6.39. The second kappa shape index (κ2) is 5.15. The molecular formula is C12H23N3O. The van der Waals surface area contributed by atoms with Crippen molar-refractivity contribution in [3.8, 4) is 0 Å². The second-order valence-electron chi connectivity index (χ2n) is 5.26. The third-order valence-corrected chi connectivity index (χ3v) is 3.71. The van der Waals surface area contributed by atoms with Crippen LogP contribution in [-0.2, 0) is 4.79 Å². The molecule has 0 radical (unpaired) electrons. The minimum Gasteiger partial charge on any atom is -0.340 e. The summed E-state index contributed by atoms with van der Waals surface area (Å²) in [5.41, 5.74) is 0. The molecule has 92 valence electrons. The highest BCUT2D eigenvalue weighted by Crippen LogP contribution is 2.19. The Kier molecular flexibility index (Phi) is 3.82. The van der Waals surface area contributed by atoms with E-state index in [-0.39, 0.29) is 5.91 Å². The molecule has 0 spiro atoms. The first-order valence-electron chi connectivity index (χ1n) is 6.39. The van der Waals surface area contributed by atoms with E-state index in [0.29, 0.717) is 18.5 Å². The number of hydrogen-bond donors (Lipinski definition) is 1. The first kappa shape index (κ1) is 11.9. The van der Waals surface area contributed by atoms with E-state index in [4.69, 9.17) is 0 Å². The highest BCUT2D eigenvalue weighted by atomic mass is 16.2. The largest absolute Gasteiger partial charge is 0.340 e. The van der Waals surface area contributed by atoms with Crippen LogP contribution < -0.4 is 5.32 Å². The number of hydrogen-bond acceptors (Lipinski definition) is 3. The molecule has 2 fully saturated rings. The molecule has 0 saturated carbocycles. The maximum atomic E-state index is 11.6. The van der Waals surface area contributed by atoms with E-state index in [0.717, 1.165) is 26.2 Å². The molecule has 0 aliphatic carbocycles. The van der Waals surface area contributed by atoms with Crippen molar-refractivity contribution in [3.05, 3.63) is 0 Å². The van der Waals surface area contributed by atoms with E-state index in [1.54, 1.807) is 0 Å². The number of carbonyl (C=O) groups excluding carboxylic acids is 1. The zero-order valence-corrected chi connectivity index (χ0v) is 10.4. The van der Waals surface area contributed by atoms with Gasteiger partial charge in [0, 0.05) is 32.2 Å². The van der Waals surface area contributed by atoms with E-state index in [2.05, 4.69) is 24.1 Å². The molecule has 1 atom stereocenters.